The number of anilines is 1. The van der Waals surface area contributed by atoms with Gasteiger partial charge in [-0.1, -0.05) is 48.5 Å². The van der Waals surface area contributed by atoms with Gasteiger partial charge in [0.15, 0.2) is 6.54 Å². The summed E-state index contributed by atoms with van der Waals surface area (Å²) in [4.78, 5) is 2.30. The Bertz CT molecular complexity index is 711. The zero-order chi connectivity index (χ0) is 15.7. The maximum absolute atomic E-state index is 11.6. The molecule has 4 rings (SSSR count). The minimum Gasteiger partial charge on any atom is -0.346 e. The van der Waals surface area contributed by atoms with Crippen molar-refractivity contribution in [2.45, 2.75) is 31.4 Å². The van der Waals surface area contributed by atoms with Crippen LogP contribution in [0, 0.1) is 0 Å². The lowest BCUT2D eigenvalue weighted by Crippen LogP contribution is -2.40. The number of hydrogen-bond donors (Lipinski definition) is 1. The van der Waals surface area contributed by atoms with Crippen LogP contribution in [0.3, 0.4) is 0 Å². The van der Waals surface area contributed by atoms with E-state index in [1.807, 2.05) is 36.4 Å². The van der Waals surface area contributed by atoms with E-state index in [-0.39, 0.29) is 0 Å². The van der Waals surface area contributed by atoms with E-state index in [0.29, 0.717) is 6.54 Å². The third kappa shape index (κ3) is 2.45. The molecule has 0 amide bonds. The molecule has 0 spiro atoms. The van der Waals surface area contributed by atoms with E-state index in [0.717, 1.165) is 24.9 Å². The minimum absolute atomic E-state index is 0.594. The average Bonchev–Trinajstić information content (AvgIpc) is 2.77. The number of para-hydroxylation sites is 1. The van der Waals surface area contributed by atoms with Crippen molar-refractivity contribution in [1.29, 1.82) is 0 Å². The summed E-state index contributed by atoms with van der Waals surface area (Å²) in [7, 11) is 0. The highest BCUT2D eigenvalue weighted by atomic mass is 16.3. The molecule has 0 radical (unpaired) electrons. The fourth-order valence-electron chi connectivity index (χ4n) is 3.87. The number of aliphatic hydroxyl groups is 1. The molecular formula is C20H23N2O+. The van der Waals surface area contributed by atoms with E-state index < -0.39 is 5.72 Å². The van der Waals surface area contributed by atoms with Crippen molar-refractivity contribution < 1.29 is 9.68 Å². The fourth-order valence-corrected chi connectivity index (χ4v) is 3.87. The van der Waals surface area contributed by atoms with Gasteiger partial charge < -0.3 is 5.11 Å². The summed E-state index contributed by atoms with van der Waals surface area (Å²) < 4.78 is 2.24. The first-order valence-corrected chi connectivity index (χ1v) is 8.53. The lowest BCUT2D eigenvalue weighted by molar-refractivity contribution is -0.658. The molecular weight excluding hydrogens is 284 g/mol. The monoisotopic (exact) mass is 307 g/mol. The second-order valence-corrected chi connectivity index (χ2v) is 6.48. The van der Waals surface area contributed by atoms with Gasteiger partial charge in [0.1, 0.15) is 5.69 Å². The summed E-state index contributed by atoms with van der Waals surface area (Å²) in [5.74, 6) is 1.26. The molecule has 0 aromatic heterocycles. The molecule has 2 aliphatic rings. The standard InChI is InChI=1S/C20H23N2O/c23-20(17-10-4-1-5-11-17)16-21(18-12-6-2-7-13-18)19-14-8-3-9-15-22(19)20/h1-2,4-7,10-13,23H,3,8-9,14-16H2/q+1/t20-/m0/s1. The van der Waals surface area contributed by atoms with Crippen LogP contribution in [0.25, 0.3) is 0 Å². The molecule has 0 fully saturated rings. The minimum atomic E-state index is -0.934. The quantitative estimate of drug-likeness (QED) is 0.861. The Kier molecular flexibility index (Phi) is 3.66. The van der Waals surface area contributed by atoms with Crippen molar-refractivity contribution in [1.82, 2.24) is 0 Å². The van der Waals surface area contributed by atoms with Gasteiger partial charge in [0.05, 0.1) is 6.54 Å². The van der Waals surface area contributed by atoms with Crippen LogP contribution in [0.4, 0.5) is 5.69 Å². The number of β-amino-alcohol motifs (C(OH)–C–C–N with tert-alkyl or cyclic N) is 1. The van der Waals surface area contributed by atoms with Crippen molar-refractivity contribution in [3.05, 3.63) is 66.2 Å². The zero-order valence-electron chi connectivity index (χ0n) is 13.4. The van der Waals surface area contributed by atoms with Gasteiger partial charge in [-0.2, -0.15) is 0 Å². The van der Waals surface area contributed by atoms with E-state index >= 15 is 0 Å². The topological polar surface area (TPSA) is 26.5 Å². The average molecular weight is 307 g/mol. The summed E-state index contributed by atoms with van der Waals surface area (Å²) in [6.07, 6.45) is 4.60. The van der Waals surface area contributed by atoms with Crippen LogP contribution in [0.2, 0.25) is 0 Å². The highest BCUT2D eigenvalue weighted by Crippen LogP contribution is 2.35. The normalized spacial score (nSPS) is 24.5. The first-order valence-electron chi connectivity index (χ1n) is 8.53. The van der Waals surface area contributed by atoms with Gasteiger partial charge in [0, 0.05) is 12.0 Å². The van der Waals surface area contributed by atoms with Crippen LogP contribution in [-0.2, 0) is 5.72 Å². The number of hydrogen-bond acceptors (Lipinski definition) is 2. The Balaban J connectivity index is 1.82. The smallest absolute Gasteiger partial charge is 0.271 e. The number of amidine groups is 1. The summed E-state index contributed by atoms with van der Waals surface area (Å²) in [6.45, 7) is 1.51. The predicted molar refractivity (Wildman–Crippen MR) is 92.7 cm³/mol. The van der Waals surface area contributed by atoms with E-state index in [1.165, 1.54) is 24.4 Å². The van der Waals surface area contributed by atoms with Gasteiger partial charge in [-0.05, 0) is 31.4 Å². The molecule has 2 aliphatic heterocycles. The molecule has 2 aromatic rings. The summed E-state index contributed by atoms with van der Waals surface area (Å²) in [5.41, 5.74) is 1.22. The van der Waals surface area contributed by atoms with Gasteiger partial charge >= 0.3 is 0 Å². The van der Waals surface area contributed by atoms with Crippen LogP contribution in [0.1, 0.15) is 31.2 Å². The van der Waals surface area contributed by atoms with Crippen LogP contribution in [0.15, 0.2) is 60.7 Å². The molecule has 0 unspecified atom stereocenters. The first kappa shape index (κ1) is 14.5. The van der Waals surface area contributed by atoms with Crippen LogP contribution < -0.4 is 4.90 Å². The first-order chi connectivity index (χ1) is 11.3. The summed E-state index contributed by atoms with van der Waals surface area (Å²) in [6, 6.07) is 20.5. The summed E-state index contributed by atoms with van der Waals surface area (Å²) >= 11 is 0. The highest BCUT2D eigenvalue weighted by Gasteiger charge is 2.51. The molecule has 118 valence electrons. The molecule has 23 heavy (non-hydrogen) atoms. The number of benzene rings is 2. The molecule has 0 saturated heterocycles. The number of rotatable bonds is 2. The highest BCUT2D eigenvalue weighted by molar-refractivity contribution is 5.95. The van der Waals surface area contributed by atoms with Crippen LogP contribution in [-0.4, -0.2) is 28.6 Å². The maximum Gasteiger partial charge on any atom is 0.271 e. The molecule has 3 nitrogen and oxygen atoms in total. The maximum atomic E-state index is 11.6. The predicted octanol–water partition coefficient (Wildman–Crippen LogP) is 3.34. The van der Waals surface area contributed by atoms with Crippen LogP contribution in [0.5, 0.6) is 0 Å². The Morgan fingerprint density at radius 1 is 0.870 bits per heavy atom. The molecule has 0 saturated carbocycles. The molecule has 1 N–H and O–H groups in total. The SMILES string of the molecule is O[C@]1(c2ccccc2)CN(c2ccccc2)C2=[N+]1CCCCC2. The van der Waals surface area contributed by atoms with Gasteiger partial charge in [0.25, 0.3) is 11.6 Å². The van der Waals surface area contributed by atoms with Crippen molar-refractivity contribution in [3.8, 4) is 0 Å². The molecule has 0 bridgehead atoms. The second kappa shape index (κ2) is 5.82. The van der Waals surface area contributed by atoms with Gasteiger partial charge in [0.2, 0.25) is 0 Å². The Hall–Kier alpha value is -2.13. The lowest BCUT2D eigenvalue weighted by Gasteiger charge is -2.23. The molecule has 3 heteroatoms. The van der Waals surface area contributed by atoms with Gasteiger partial charge in [-0.15, -0.1) is 0 Å². The fraction of sp³-hybridized carbons (Fsp3) is 0.350. The van der Waals surface area contributed by atoms with E-state index in [2.05, 4.69) is 33.7 Å². The van der Waals surface area contributed by atoms with E-state index in [4.69, 9.17) is 0 Å². The largest absolute Gasteiger partial charge is 0.346 e. The van der Waals surface area contributed by atoms with Crippen molar-refractivity contribution in [3.63, 3.8) is 0 Å². The molecule has 2 aromatic carbocycles. The molecule has 1 atom stereocenters. The zero-order valence-corrected chi connectivity index (χ0v) is 13.4. The lowest BCUT2D eigenvalue weighted by atomic mass is 10.0. The molecule has 2 heterocycles. The Labute approximate surface area is 137 Å². The van der Waals surface area contributed by atoms with Crippen LogP contribution >= 0.6 is 0 Å². The van der Waals surface area contributed by atoms with E-state index in [9.17, 15) is 5.11 Å². The Morgan fingerprint density at radius 2 is 1.57 bits per heavy atom. The van der Waals surface area contributed by atoms with Gasteiger partial charge in [-0.3, -0.25) is 0 Å². The van der Waals surface area contributed by atoms with Crippen molar-refractivity contribution in [2.24, 2.45) is 0 Å². The van der Waals surface area contributed by atoms with E-state index in [1.54, 1.807) is 0 Å². The molecule has 0 aliphatic carbocycles. The third-order valence-corrected chi connectivity index (χ3v) is 5.03. The van der Waals surface area contributed by atoms with Gasteiger partial charge in [-0.25, -0.2) is 9.48 Å². The van der Waals surface area contributed by atoms with Crippen molar-refractivity contribution >= 4 is 11.5 Å². The number of nitrogens with zero attached hydrogens (tertiary/aromatic N) is 2. The van der Waals surface area contributed by atoms with Crippen molar-refractivity contribution in [2.75, 3.05) is 18.0 Å². The second-order valence-electron chi connectivity index (χ2n) is 6.48. The summed E-state index contributed by atoms with van der Waals surface area (Å²) in [5, 5.41) is 11.6. The Morgan fingerprint density at radius 3 is 2.30 bits per heavy atom. The third-order valence-electron chi connectivity index (χ3n) is 5.03.